The van der Waals surface area contributed by atoms with Crippen LogP contribution in [-0.4, -0.2) is 12.6 Å². The van der Waals surface area contributed by atoms with Gasteiger partial charge in [-0.1, -0.05) is 26.3 Å². The fraction of sp³-hybridized carbons (Fsp3) is 0.700. The second-order valence-electron chi connectivity index (χ2n) is 3.08. The number of ether oxygens (including phenoxy) is 1. The Balaban J connectivity index is 3.72. The van der Waals surface area contributed by atoms with Crippen molar-refractivity contribution in [1.82, 2.24) is 0 Å². The number of carbonyl (C=O) groups is 1. The minimum absolute atomic E-state index is 0.196. The number of carbonyl (C=O) groups excluding carboxylic acids is 1. The Kier molecular flexibility index (Phi) is 5.43. The van der Waals surface area contributed by atoms with Gasteiger partial charge in [-0.15, -0.1) is 0 Å². The summed E-state index contributed by atoms with van der Waals surface area (Å²) in [5, 5.41) is 0. The Bertz CT molecular complexity index is 171. The van der Waals surface area contributed by atoms with Crippen molar-refractivity contribution in [1.29, 1.82) is 0 Å². The van der Waals surface area contributed by atoms with Gasteiger partial charge in [0.1, 0.15) is 0 Å². The summed E-state index contributed by atoms with van der Waals surface area (Å²) in [7, 11) is 0. The molecule has 0 saturated heterocycles. The number of hydrogen-bond acceptors (Lipinski definition) is 2. The number of hydrogen-bond donors (Lipinski definition) is 0. The van der Waals surface area contributed by atoms with Gasteiger partial charge in [-0.25, -0.2) is 4.79 Å². The highest BCUT2D eigenvalue weighted by Crippen LogP contribution is 2.03. The van der Waals surface area contributed by atoms with Gasteiger partial charge in [0, 0.05) is 5.57 Å². The van der Waals surface area contributed by atoms with E-state index < -0.39 is 0 Å². The second kappa shape index (κ2) is 5.81. The van der Waals surface area contributed by atoms with E-state index >= 15 is 0 Å². The van der Waals surface area contributed by atoms with Crippen LogP contribution in [0.15, 0.2) is 11.6 Å². The van der Waals surface area contributed by atoms with E-state index in [0.29, 0.717) is 18.1 Å². The Morgan fingerprint density at radius 1 is 1.58 bits per heavy atom. The molecule has 2 heteroatoms. The van der Waals surface area contributed by atoms with Crippen molar-refractivity contribution in [3.63, 3.8) is 0 Å². The Morgan fingerprint density at radius 2 is 2.17 bits per heavy atom. The van der Waals surface area contributed by atoms with Crippen LogP contribution in [0.5, 0.6) is 0 Å². The van der Waals surface area contributed by atoms with Crippen LogP contribution in [-0.2, 0) is 9.53 Å². The summed E-state index contributed by atoms with van der Waals surface area (Å²) in [4.78, 5) is 11.1. The highest BCUT2D eigenvalue weighted by atomic mass is 16.5. The van der Waals surface area contributed by atoms with Gasteiger partial charge in [0.15, 0.2) is 0 Å². The minimum Gasteiger partial charge on any atom is -0.462 e. The third-order valence-corrected chi connectivity index (χ3v) is 1.95. The normalized spacial score (nSPS) is 14.2. The number of esters is 1. The van der Waals surface area contributed by atoms with Gasteiger partial charge in [-0.05, 0) is 19.8 Å². The van der Waals surface area contributed by atoms with Crippen molar-refractivity contribution in [2.75, 3.05) is 6.61 Å². The largest absolute Gasteiger partial charge is 0.462 e. The summed E-state index contributed by atoms with van der Waals surface area (Å²) >= 11 is 0. The average Bonchev–Trinajstić information content (AvgIpc) is 2.11. The highest BCUT2D eigenvalue weighted by Gasteiger charge is 2.06. The number of rotatable bonds is 4. The van der Waals surface area contributed by atoms with Gasteiger partial charge in [0.2, 0.25) is 0 Å². The third-order valence-electron chi connectivity index (χ3n) is 1.95. The summed E-state index contributed by atoms with van der Waals surface area (Å²) in [5.74, 6) is 0.261. The fourth-order valence-electron chi connectivity index (χ4n) is 0.567. The van der Waals surface area contributed by atoms with E-state index in [1.54, 1.807) is 13.0 Å². The first-order valence-electron chi connectivity index (χ1n) is 4.41. The zero-order valence-electron chi connectivity index (χ0n) is 8.39. The van der Waals surface area contributed by atoms with Crippen molar-refractivity contribution >= 4 is 5.97 Å². The Labute approximate surface area is 74.6 Å². The molecule has 0 aliphatic carbocycles. The summed E-state index contributed by atoms with van der Waals surface area (Å²) < 4.78 is 5.04. The lowest BCUT2D eigenvalue weighted by Gasteiger charge is -2.09. The number of allylic oxidation sites excluding steroid dienone is 1. The van der Waals surface area contributed by atoms with Crippen molar-refractivity contribution in [2.45, 2.75) is 34.1 Å². The zero-order valence-corrected chi connectivity index (χ0v) is 8.39. The molecule has 0 radical (unpaired) electrons. The van der Waals surface area contributed by atoms with E-state index in [4.69, 9.17) is 4.74 Å². The third kappa shape index (κ3) is 4.16. The van der Waals surface area contributed by atoms with Crippen LogP contribution in [0.2, 0.25) is 0 Å². The molecule has 0 bridgehead atoms. The van der Waals surface area contributed by atoms with Gasteiger partial charge in [-0.2, -0.15) is 0 Å². The fourth-order valence-corrected chi connectivity index (χ4v) is 0.567. The molecular formula is C10H18O2. The van der Waals surface area contributed by atoms with E-state index in [-0.39, 0.29) is 5.97 Å². The molecule has 0 aromatic carbocycles. The van der Waals surface area contributed by atoms with E-state index in [1.807, 2.05) is 6.92 Å². The highest BCUT2D eigenvalue weighted by molar-refractivity contribution is 5.87. The minimum atomic E-state index is -0.196. The lowest BCUT2D eigenvalue weighted by Crippen LogP contribution is -2.11. The SMILES string of the molecule is C/C=C(\C)C(=O)OCC(C)CC. The predicted octanol–water partition coefficient (Wildman–Crippen LogP) is 2.54. The van der Waals surface area contributed by atoms with Crippen LogP contribution in [0.3, 0.4) is 0 Å². The maximum atomic E-state index is 11.1. The van der Waals surface area contributed by atoms with E-state index in [9.17, 15) is 4.79 Å². The van der Waals surface area contributed by atoms with E-state index in [1.165, 1.54) is 0 Å². The molecule has 2 nitrogen and oxygen atoms in total. The molecule has 0 amide bonds. The summed E-state index contributed by atoms with van der Waals surface area (Å²) in [6.07, 6.45) is 2.81. The quantitative estimate of drug-likeness (QED) is 0.478. The standard InChI is InChI=1S/C10H18O2/c1-5-8(3)7-12-10(11)9(4)6-2/h6,8H,5,7H2,1-4H3/b9-6+. The smallest absolute Gasteiger partial charge is 0.333 e. The van der Waals surface area contributed by atoms with Crippen molar-refractivity contribution in [3.8, 4) is 0 Å². The first kappa shape index (κ1) is 11.2. The summed E-state index contributed by atoms with van der Waals surface area (Å²) in [5.41, 5.74) is 0.679. The molecule has 0 aliphatic rings. The maximum absolute atomic E-state index is 11.1. The molecule has 0 heterocycles. The van der Waals surface area contributed by atoms with Gasteiger partial charge in [0.05, 0.1) is 6.61 Å². The van der Waals surface area contributed by atoms with Crippen LogP contribution < -0.4 is 0 Å². The molecule has 0 aromatic rings. The molecular weight excluding hydrogens is 152 g/mol. The molecule has 0 aromatic heterocycles. The summed E-state index contributed by atoms with van der Waals surface area (Å²) in [6, 6.07) is 0. The first-order chi connectivity index (χ1) is 5.61. The molecule has 1 atom stereocenters. The van der Waals surface area contributed by atoms with Crippen molar-refractivity contribution < 1.29 is 9.53 Å². The van der Waals surface area contributed by atoms with Crippen molar-refractivity contribution in [2.24, 2.45) is 5.92 Å². The molecule has 0 N–H and O–H groups in total. The molecule has 70 valence electrons. The van der Waals surface area contributed by atoms with Gasteiger partial charge < -0.3 is 4.74 Å². The zero-order chi connectivity index (χ0) is 9.56. The molecule has 0 saturated carbocycles. The second-order valence-corrected chi connectivity index (χ2v) is 3.08. The molecule has 1 unspecified atom stereocenters. The van der Waals surface area contributed by atoms with E-state index in [0.717, 1.165) is 6.42 Å². The van der Waals surface area contributed by atoms with Crippen LogP contribution in [0.25, 0.3) is 0 Å². The first-order valence-corrected chi connectivity index (χ1v) is 4.41. The summed E-state index contributed by atoms with van der Waals surface area (Å²) in [6.45, 7) is 8.28. The average molecular weight is 170 g/mol. The monoisotopic (exact) mass is 170 g/mol. The van der Waals surface area contributed by atoms with Crippen LogP contribution in [0.1, 0.15) is 34.1 Å². The van der Waals surface area contributed by atoms with Gasteiger partial charge in [0.25, 0.3) is 0 Å². The van der Waals surface area contributed by atoms with Gasteiger partial charge >= 0.3 is 5.97 Å². The van der Waals surface area contributed by atoms with Crippen LogP contribution in [0.4, 0.5) is 0 Å². The van der Waals surface area contributed by atoms with Crippen LogP contribution in [0, 0.1) is 5.92 Å². The Hall–Kier alpha value is -0.790. The molecule has 12 heavy (non-hydrogen) atoms. The van der Waals surface area contributed by atoms with E-state index in [2.05, 4.69) is 13.8 Å². The van der Waals surface area contributed by atoms with Crippen molar-refractivity contribution in [3.05, 3.63) is 11.6 Å². The van der Waals surface area contributed by atoms with Gasteiger partial charge in [-0.3, -0.25) is 0 Å². The molecule has 0 rings (SSSR count). The van der Waals surface area contributed by atoms with Crippen LogP contribution >= 0.6 is 0 Å². The molecule has 0 fully saturated rings. The lowest BCUT2D eigenvalue weighted by molar-refractivity contribution is -0.140. The molecule has 0 spiro atoms. The Morgan fingerprint density at radius 3 is 2.58 bits per heavy atom. The topological polar surface area (TPSA) is 26.3 Å². The maximum Gasteiger partial charge on any atom is 0.333 e. The molecule has 0 aliphatic heterocycles. The lowest BCUT2D eigenvalue weighted by atomic mass is 10.1. The predicted molar refractivity (Wildman–Crippen MR) is 49.8 cm³/mol.